The lowest BCUT2D eigenvalue weighted by Crippen LogP contribution is -2.51. The van der Waals surface area contributed by atoms with Crippen molar-refractivity contribution in [2.24, 2.45) is 40.9 Å². The van der Waals surface area contributed by atoms with Crippen LogP contribution in [0.2, 0.25) is 0 Å². The van der Waals surface area contributed by atoms with Gasteiger partial charge in [0.05, 0.1) is 6.54 Å². The topological polar surface area (TPSA) is 362 Å². The van der Waals surface area contributed by atoms with Crippen molar-refractivity contribution in [3.8, 4) is 5.75 Å². The number of aliphatic hydroxyl groups is 1. The maximum Gasteiger partial charge on any atom is 0.407 e. The minimum absolute atomic E-state index is 0.0293. The zero-order valence-corrected chi connectivity index (χ0v) is 70.1. The lowest BCUT2D eigenvalue weighted by molar-refractivity contribution is -0.110. The van der Waals surface area contributed by atoms with Gasteiger partial charge in [-0.3, -0.25) is 19.3 Å². The van der Waals surface area contributed by atoms with E-state index in [4.69, 9.17) is 48.1 Å². The van der Waals surface area contributed by atoms with Crippen molar-refractivity contribution >= 4 is 47.3 Å². The van der Waals surface area contributed by atoms with E-state index in [-0.39, 0.29) is 90.6 Å². The fourth-order valence-electron chi connectivity index (χ4n) is 9.21. The van der Waals surface area contributed by atoms with Crippen molar-refractivity contribution < 1.29 is 61.6 Å². The highest BCUT2D eigenvalue weighted by molar-refractivity contribution is 6.61. The van der Waals surface area contributed by atoms with Crippen molar-refractivity contribution in [3.05, 3.63) is 135 Å². The van der Waals surface area contributed by atoms with Crippen molar-refractivity contribution in [1.82, 2.24) is 56.9 Å². The van der Waals surface area contributed by atoms with Crippen molar-refractivity contribution in [2.45, 2.75) is 218 Å². The molecule has 618 valence electrons. The molecule has 2 aliphatic rings. The number of nitrogens with two attached hydrogens (primary N) is 3. The number of carbonyl (C=O) groups excluding carboxylic acids is 6. The van der Waals surface area contributed by atoms with Gasteiger partial charge in [-0.05, 0) is 152 Å². The molecule has 1 fully saturated rings. The first-order valence-electron chi connectivity index (χ1n) is 37.0. The number of nitrogens with one attached hydrogen (secondary N) is 8. The summed E-state index contributed by atoms with van der Waals surface area (Å²) in [5.41, 5.74) is 15.4. The van der Waals surface area contributed by atoms with Crippen LogP contribution in [-0.2, 0) is 45.3 Å². The van der Waals surface area contributed by atoms with Gasteiger partial charge < -0.3 is 98.1 Å². The second kappa shape index (κ2) is 58.7. The van der Waals surface area contributed by atoms with Crippen LogP contribution >= 0.6 is 11.6 Å². The molecular formula is C79H139ClF2N14O12. The predicted molar refractivity (Wildman–Crippen MR) is 432 cm³/mol. The molecule has 29 heteroatoms. The van der Waals surface area contributed by atoms with E-state index in [1.807, 2.05) is 158 Å². The maximum absolute atomic E-state index is 14.1. The minimum Gasteiger partial charge on any atom is -0.483 e. The van der Waals surface area contributed by atoms with Crippen LogP contribution in [-0.4, -0.2) is 196 Å². The summed E-state index contributed by atoms with van der Waals surface area (Å²) in [6, 6.07) is 23.1. The lowest BCUT2D eigenvalue weighted by atomic mass is 10.1. The van der Waals surface area contributed by atoms with Crippen molar-refractivity contribution in [3.63, 3.8) is 0 Å². The highest BCUT2D eigenvalue weighted by atomic mass is 35.5. The van der Waals surface area contributed by atoms with Crippen LogP contribution in [0.4, 0.5) is 23.2 Å². The smallest absolute Gasteiger partial charge is 0.407 e. The first kappa shape index (κ1) is 105. The molecule has 26 nitrogen and oxygen atoms in total. The number of aliphatic hydroxyl groups excluding tert-OH is 1. The molecule has 1 saturated heterocycles. The van der Waals surface area contributed by atoms with Gasteiger partial charge in [-0.2, -0.15) is 0 Å². The number of ether oxygens (including phenoxy) is 4. The van der Waals surface area contributed by atoms with E-state index in [9.17, 15) is 42.3 Å². The third kappa shape index (κ3) is 51.2. The third-order valence-corrected chi connectivity index (χ3v) is 14.4. The van der Waals surface area contributed by atoms with Gasteiger partial charge in [-0.15, -0.1) is 0 Å². The van der Waals surface area contributed by atoms with E-state index in [0.717, 1.165) is 94.3 Å². The number of nitrogens with zero attached hydrogens (tertiary/aromatic N) is 3. The lowest BCUT2D eigenvalue weighted by Gasteiger charge is -2.37. The molecule has 0 radical (unpaired) electrons. The molecule has 1 unspecified atom stereocenters. The molecule has 7 atom stereocenters. The van der Waals surface area contributed by atoms with E-state index in [2.05, 4.69) is 114 Å². The normalized spacial score (nSPS) is 14.7. The fourth-order valence-corrected chi connectivity index (χ4v) is 9.27. The number of alkyl carbamates (subject to hydrolysis) is 2. The standard InChI is InChI=1S/C30H32F2N4O4.C9H20N2O2.C8H7ClO2.C8H18N2O2.C8H20N2.C7H18N2.C4H12N2.C4H8O.CH4O/c1-18(2)13-35-19(3)14-36-25(35)16-34-15-23(29(38)33-12-21-9-10-22(31)11-24(21)32)27(37)28(26(34)30(36)39)40-17-20-7-5-4-6-8-20;1-7(6-10-5)11-8(12)13-9(2,3)4;9-8(10)11-6-7-4-2-1-3-5-7;1-6(5-9)10-7(11)12-8(2,3)4;1-7(2)5-10-8(3)6-9-4;1-6(2)5-9-7(3)4-8;1-4(5)3-6-2;1-4(2)3-5;1-2/h4-11,15,18-19,25H,12-14,16-17H2,1-3H3,(H,33,38);7,10H,6H2,1-5H3,(H,11,12);1-5H,6H2;6H,5,9H2,1-4H3,(H,10,11);7-10H,5-6H2,1-4H3;6-7,9H,4-5,8H2,1-3H3;4,6H,3,5H2,1-2H3;3-4H,1-2H3;2H,1H3/t19-,25?;7-;;6-;8-;7-;4-;;/m00.0000../s1. The number of halogens is 3. The number of hydrogen-bond acceptors (Lipinski definition) is 21. The number of amides is 4. The van der Waals surface area contributed by atoms with Crippen LogP contribution < -0.4 is 69.9 Å². The number of aromatic nitrogens is 1. The first-order valence-corrected chi connectivity index (χ1v) is 37.4. The van der Waals surface area contributed by atoms with Crippen LogP contribution in [0.1, 0.15) is 176 Å². The minimum atomic E-state index is -0.805. The van der Waals surface area contributed by atoms with Crippen LogP contribution in [0.3, 0.4) is 0 Å². The maximum atomic E-state index is 14.1. The monoisotopic (exact) mass is 1550 g/mol. The Kier molecular flexibility index (Phi) is 57.0. The molecule has 3 aromatic carbocycles. The molecule has 4 aromatic rings. The fraction of sp³-hybridized carbons (Fsp3) is 0.633. The molecule has 2 aliphatic heterocycles. The molecule has 4 amide bonds. The number of likely N-dealkylation sites (N-methyl/N-ethyl adjacent to an activating group) is 3. The Hall–Kier alpha value is -7.22. The molecule has 3 heterocycles. The number of carbonyl (C=O) groups is 6. The highest BCUT2D eigenvalue weighted by Crippen LogP contribution is 2.32. The predicted octanol–water partition coefficient (Wildman–Crippen LogP) is 9.74. The number of aldehydes is 1. The van der Waals surface area contributed by atoms with E-state index in [1.165, 1.54) is 12.3 Å². The van der Waals surface area contributed by atoms with Gasteiger partial charge in [-0.25, -0.2) is 23.2 Å². The SMILES string of the molecule is CC(C)C=O.CC(C)CN1C2Cn3cc(C(=O)NCc4ccc(F)cc4F)c(=O)c(OCc4ccccc4)c3C(=O)N2C[C@@H]1C.CC(C)CN[C@@H](C)CN.CNC[C@H](C)N.CNC[C@H](C)NC(=O)OC(C)(C)C.CNC[C@H](C)NCC(C)C.CO.C[C@@H](CN)NC(=O)OC(C)(C)C.O=C(Cl)OCc1ccccc1. The first-order chi connectivity index (χ1) is 50.5. The Morgan fingerprint density at radius 2 is 1.11 bits per heavy atom. The second-order valence-corrected chi connectivity index (χ2v) is 30.1. The molecule has 6 rings (SSSR count). The molecule has 0 saturated carbocycles. The summed E-state index contributed by atoms with van der Waals surface area (Å²) in [6.07, 6.45) is 1.29. The van der Waals surface area contributed by atoms with Crippen LogP contribution in [0.25, 0.3) is 0 Å². The zero-order valence-electron chi connectivity index (χ0n) is 69.3. The summed E-state index contributed by atoms with van der Waals surface area (Å²) in [5.74, 6) is -0.744. The van der Waals surface area contributed by atoms with Crippen LogP contribution in [0.15, 0.2) is 89.9 Å². The van der Waals surface area contributed by atoms with E-state index in [0.29, 0.717) is 37.6 Å². The van der Waals surface area contributed by atoms with Crippen LogP contribution in [0, 0.1) is 35.3 Å². The number of rotatable bonds is 27. The summed E-state index contributed by atoms with van der Waals surface area (Å²) >= 11 is 4.97. The van der Waals surface area contributed by atoms with Gasteiger partial charge in [0.15, 0.2) is 11.4 Å². The third-order valence-electron chi connectivity index (χ3n) is 14.3. The summed E-state index contributed by atoms with van der Waals surface area (Å²) < 4.78 is 49.7. The van der Waals surface area contributed by atoms with Gasteiger partial charge in [0.1, 0.15) is 54.1 Å². The molecule has 0 bridgehead atoms. The van der Waals surface area contributed by atoms with Gasteiger partial charge in [0.2, 0.25) is 5.43 Å². The Morgan fingerprint density at radius 3 is 1.52 bits per heavy atom. The largest absolute Gasteiger partial charge is 0.483 e. The van der Waals surface area contributed by atoms with E-state index in [1.54, 1.807) is 9.47 Å². The van der Waals surface area contributed by atoms with E-state index >= 15 is 0 Å². The average molecular weight is 1550 g/mol. The van der Waals surface area contributed by atoms with Crippen LogP contribution in [0.5, 0.6) is 5.75 Å². The molecular weight excluding hydrogens is 1410 g/mol. The van der Waals surface area contributed by atoms with Gasteiger partial charge in [0, 0.05) is 131 Å². The summed E-state index contributed by atoms with van der Waals surface area (Å²) in [7, 11) is 6.71. The number of hydrogen-bond donors (Lipinski definition) is 12. The van der Waals surface area contributed by atoms with Gasteiger partial charge in [-0.1, -0.05) is 122 Å². The Bertz CT molecular complexity index is 3140. The Balaban J connectivity index is -0.00000133. The summed E-state index contributed by atoms with van der Waals surface area (Å²) in [4.78, 5) is 86.6. The molecule has 0 aliphatic carbocycles. The molecule has 1 aromatic heterocycles. The summed E-state index contributed by atoms with van der Waals surface area (Å²) in [6.45, 7) is 47.5. The Morgan fingerprint density at radius 1 is 0.648 bits per heavy atom. The quantitative estimate of drug-likeness (QED) is 0.0150. The number of benzene rings is 3. The molecule has 0 spiro atoms. The second-order valence-electron chi connectivity index (χ2n) is 29.8. The number of pyridine rings is 1. The van der Waals surface area contributed by atoms with Crippen molar-refractivity contribution in [2.75, 3.05) is 87.2 Å². The summed E-state index contributed by atoms with van der Waals surface area (Å²) in [5, 5.41) is 30.6. The Labute approximate surface area is 649 Å². The highest BCUT2D eigenvalue weighted by Gasteiger charge is 2.46. The molecule has 108 heavy (non-hydrogen) atoms. The average Bonchev–Trinajstić information content (AvgIpc) is 1.49. The van der Waals surface area contributed by atoms with Crippen molar-refractivity contribution in [1.29, 1.82) is 0 Å². The van der Waals surface area contributed by atoms with Gasteiger partial charge in [0.25, 0.3) is 11.8 Å². The van der Waals surface area contributed by atoms with E-state index < -0.39 is 45.7 Å². The molecule has 15 N–H and O–H groups in total. The number of fused-ring (bicyclic) bond motifs is 2. The van der Waals surface area contributed by atoms with Gasteiger partial charge >= 0.3 is 17.6 Å². The zero-order chi connectivity index (χ0) is 83.5.